The summed E-state index contributed by atoms with van der Waals surface area (Å²) in [6, 6.07) is 15.7. The van der Waals surface area contributed by atoms with E-state index in [0.29, 0.717) is 12.1 Å². The molecule has 172 valence electrons. The number of likely N-dealkylation sites (tertiary alicyclic amines) is 1. The van der Waals surface area contributed by atoms with Gasteiger partial charge in [0.25, 0.3) is 5.91 Å². The second kappa shape index (κ2) is 9.40. The number of amides is 1. The number of nitrogens with zero attached hydrogens (tertiary/aromatic N) is 2. The normalized spacial score (nSPS) is 17.5. The summed E-state index contributed by atoms with van der Waals surface area (Å²) in [6.45, 7) is 3.59. The molecular formula is C27H31N3O3. The van der Waals surface area contributed by atoms with Gasteiger partial charge in [-0.05, 0) is 68.1 Å². The SMILES string of the molecule is CN1CCCc2cc(C(CNC(=O)c3cc4ccccc4oc3=O)N3CCCCC3)ccc21. The van der Waals surface area contributed by atoms with Crippen molar-refractivity contribution in [3.05, 3.63) is 75.6 Å². The van der Waals surface area contributed by atoms with E-state index in [1.54, 1.807) is 12.1 Å². The third-order valence-corrected chi connectivity index (χ3v) is 7.01. The van der Waals surface area contributed by atoms with E-state index in [4.69, 9.17) is 4.42 Å². The number of carbonyl (C=O) groups is 1. The van der Waals surface area contributed by atoms with E-state index in [9.17, 15) is 9.59 Å². The van der Waals surface area contributed by atoms with Gasteiger partial charge in [0.15, 0.2) is 0 Å². The summed E-state index contributed by atoms with van der Waals surface area (Å²) >= 11 is 0. The Kier molecular flexibility index (Phi) is 6.18. The Morgan fingerprint density at radius 3 is 2.70 bits per heavy atom. The van der Waals surface area contributed by atoms with E-state index in [1.165, 1.54) is 36.1 Å². The maximum absolute atomic E-state index is 13.0. The van der Waals surface area contributed by atoms with Gasteiger partial charge in [-0.15, -0.1) is 0 Å². The van der Waals surface area contributed by atoms with Crippen molar-refractivity contribution in [2.45, 2.75) is 38.1 Å². The molecule has 5 rings (SSSR count). The van der Waals surface area contributed by atoms with Gasteiger partial charge in [0.1, 0.15) is 11.1 Å². The summed E-state index contributed by atoms with van der Waals surface area (Å²) in [4.78, 5) is 30.2. The molecule has 1 N–H and O–H groups in total. The highest BCUT2D eigenvalue weighted by molar-refractivity contribution is 5.96. The number of aryl methyl sites for hydroxylation is 1. The molecule has 0 radical (unpaired) electrons. The molecule has 33 heavy (non-hydrogen) atoms. The summed E-state index contributed by atoms with van der Waals surface area (Å²) in [7, 11) is 2.15. The van der Waals surface area contributed by atoms with E-state index in [0.717, 1.165) is 37.9 Å². The monoisotopic (exact) mass is 445 g/mol. The van der Waals surface area contributed by atoms with Crippen LogP contribution in [0.15, 0.2) is 57.7 Å². The van der Waals surface area contributed by atoms with Crippen molar-refractivity contribution in [2.75, 3.05) is 38.1 Å². The lowest BCUT2D eigenvalue weighted by atomic mass is 9.95. The molecular weight excluding hydrogens is 414 g/mol. The number of para-hydroxylation sites is 1. The molecule has 1 atom stereocenters. The number of anilines is 1. The van der Waals surface area contributed by atoms with Crippen molar-refractivity contribution in [2.24, 2.45) is 0 Å². The summed E-state index contributed by atoms with van der Waals surface area (Å²) in [5.41, 5.74) is 3.86. The zero-order valence-electron chi connectivity index (χ0n) is 19.2. The first-order chi connectivity index (χ1) is 16.1. The fraction of sp³-hybridized carbons (Fsp3) is 0.407. The lowest BCUT2D eigenvalue weighted by Crippen LogP contribution is -2.41. The number of fused-ring (bicyclic) bond motifs is 2. The number of hydrogen-bond donors (Lipinski definition) is 1. The van der Waals surface area contributed by atoms with Crippen LogP contribution in [0.3, 0.4) is 0 Å². The minimum absolute atomic E-state index is 0.0539. The Hall–Kier alpha value is -3.12. The van der Waals surface area contributed by atoms with Gasteiger partial charge in [-0.1, -0.05) is 36.8 Å². The number of piperidine rings is 1. The standard InChI is InChI=1S/C27H31N3O3/c1-29-13-7-9-19-16-20(11-12-23(19)29)24(30-14-5-2-6-15-30)18-28-26(31)22-17-21-8-3-4-10-25(21)33-27(22)32/h3-4,8,10-12,16-17,24H,2,5-7,9,13-15,18H2,1H3,(H,28,31). The summed E-state index contributed by atoms with van der Waals surface area (Å²) in [5.74, 6) is -0.380. The molecule has 1 saturated heterocycles. The lowest BCUT2D eigenvalue weighted by Gasteiger charge is -2.36. The van der Waals surface area contributed by atoms with Crippen LogP contribution in [0.4, 0.5) is 5.69 Å². The first kappa shape index (κ1) is 21.7. The molecule has 1 fully saturated rings. The molecule has 2 aliphatic heterocycles. The van der Waals surface area contributed by atoms with Crippen molar-refractivity contribution in [3.63, 3.8) is 0 Å². The molecule has 0 aliphatic carbocycles. The van der Waals surface area contributed by atoms with Gasteiger partial charge in [-0.2, -0.15) is 0 Å². The molecule has 6 heteroatoms. The second-order valence-corrected chi connectivity index (χ2v) is 9.22. The van der Waals surface area contributed by atoms with Crippen molar-refractivity contribution in [3.8, 4) is 0 Å². The third kappa shape index (κ3) is 4.53. The molecule has 1 aromatic heterocycles. The Labute approximate surface area is 194 Å². The van der Waals surface area contributed by atoms with Crippen LogP contribution in [-0.2, 0) is 6.42 Å². The maximum atomic E-state index is 13.0. The van der Waals surface area contributed by atoms with Gasteiger partial charge in [0, 0.05) is 31.2 Å². The Morgan fingerprint density at radius 1 is 1.03 bits per heavy atom. The summed E-state index contributed by atoms with van der Waals surface area (Å²) in [5, 5.41) is 3.78. The zero-order chi connectivity index (χ0) is 22.8. The molecule has 6 nitrogen and oxygen atoms in total. The van der Waals surface area contributed by atoms with Crippen molar-refractivity contribution in [1.29, 1.82) is 0 Å². The highest BCUT2D eigenvalue weighted by atomic mass is 16.4. The van der Waals surface area contributed by atoms with Gasteiger partial charge in [-0.25, -0.2) is 4.79 Å². The summed E-state index contributed by atoms with van der Waals surface area (Å²) in [6.07, 6.45) is 5.85. The number of hydrogen-bond acceptors (Lipinski definition) is 5. The molecule has 0 saturated carbocycles. The van der Waals surface area contributed by atoms with Crippen molar-refractivity contribution >= 4 is 22.6 Å². The van der Waals surface area contributed by atoms with E-state index < -0.39 is 5.63 Å². The smallest absolute Gasteiger partial charge is 0.349 e. The molecule has 3 aromatic rings. The average molecular weight is 446 g/mol. The van der Waals surface area contributed by atoms with Gasteiger partial charge in [-0.3, -0.25) is 9.69 Å². The topological polar surface area (TPSA) is 65.8 Å². The minimum Gasteiger partial charge on any atom is -0.422 e. The van der Waals surface area contributed by atoms with E-state index >= 15 is 0 Å². The van der Waals surface area contributed by atoms with Gasteiger partial charge < -0.3 is 14.6 Å². The first-order valence-electron chi connectivity index (χ1n) is 12.0. The van der Waals surface area contributed by atoms with Crippen LogP contribution in [0.25, 0.3) is 11.0 Å². The Morgan fingerprint density at radius 2 is 1.85 bits per heavy atom. The quantitative estimate of drug-likeness (QED) is 0.598. The lowest BCUT2D eigenvalue weighted by molar-refractivity contribution is 0.0921. The van der Waals surface area contributed by atoms with Crippen molar-refractivity contribution < 1.29 is 9.21 Å². The molecule has 1 amide bonds. The number of benzene rings is 2. The van der Waals surface area contributed by atoms with E-state index in [1.807, 2.05) is 18.2 Å². The molecule has 3 heterocycles. The zero-order valence-corrected chi connectivity index (χ0v) is 19.2. The van der Waals surface area contributed by atoms with E-state index in [2.05, 4.69) is 40.4 Å². The van der Waals surface area contributed by atoms with Crippen LogP contribution in [0.2, 0.25) is 0 Å². The van der Waals surface area contributed by atoms with Crippen LogP contribution >= 0.6 is 0 Å². The predicted octanol–water partition coefficient (Wildman–Crippen LogP) is 4.13. The Bertz CT molecular complexity index is 1210. The highest BCUT2D eigenvalue weighted by Gasteiger charge is 2.25. The average Bonchev–Trinajstić information content (AvgIpc) is 2.84. The van der Waals surface area contributed by atoms with Crippen LogP contribution in [0.1, 0.15) is 53.2 Å². The minimum atomic E-state index is -0.599. The second-order valence-electron chi connectivity index (χ2n) is 9.22. The van der Waals surface area contributed by atoms with Gasteiger partial charge >= 0.3 is 5.63 Å². The first-order valence-corrected chi connectivity index (χ1v) is 12.0. The molecule has 1 unspecified atom stereocenters. The van der Waals surface area contributed by atoms with E-state index in [-0.39, 0.29) is 17.5 Å². The number of nitrogens with one attached hydrogen (secondary N) is 1. The number of rotatable bonds is 5. The van der Waals surface area contributed by atoms with Crippen LogP contribution in [0, 0.1) is 0 Å². The largest absolute Gasteiger partial charge is 0.422 e. The van der Waals surface area contributed by atoms with Gasteiger partial charge in [0.2, 0.25) is 0 Å². The predicted molar refractivity (Wildman–Crippen MR) is 131 cm³/mol. The fourth-order valence-electron chi connectivity index (χ4n) is 5.21. The maximum Gasteiger partial charge on any atom is 0.349 e. The van der Waals surface area contributed by atoms with Crippen LogP contribution < -0.4 is 15.8 Å². The fourth-order valence-corrected chi connectivity index (χ4v) is 5.21. The Balaban J connectivity index is 1.40. The summed E-state index contributed by atoms with van der Waals surface area (Å²) < 4.78 is 5.36. The molecule has 0 spiro atoms. The molecule has 2 aromatic carbocycles. The van der Waals surface area contributed by atoms with Gasteiger partial charge in [0.05, 0.1) is 6.04 Å². The van der Waals surface area contributed by atoms with Crippen LogP contribution in [-0.4, -0.2) is 44.0 Å². The van der Waals surface area contributed by atoms with Crippen molar-refractivity contribution in [1.82, 2.24) is 10.2 Å². The molecule has 0 bridgehead atoms. The molecule has 2 aliphatic rings. The van der Waals surface area contributed by atoms with Crippen LogP contribution in [0.5, 0.6) is 0 Å². The third-order valence-electron chi connectivity index (χ3n) is 7.01. The highest BCUT2D eigenvalue weighted by Crippen LogP contribution is 2.31. The number of carbonyl (C=O) groups excluding carboxylic acids is 1.